The van der Waals surface area contributed by atoms with Crippen LogP contribution in [0.4, 0.5) is 5.69 Å². The highest BCUT2D eigenvalue weighted by atomic mass is 16.1. The summed E-state index contributed by atoms with van der Waals surface area (Å²) in [7, 11) is 0. The predicted molar refractivity (Wildman–Crippen MR) is 79.9 cm³/mol. The van der Waals surface area contributed by atoms with Crippen LogP contribution < -0.4 is 10.6 Å². The summed E-state index contributed by atoms with van der Waals surface area (Å²) in [6.45, 7) is 6.41. The van der Waals surface area contributed by atoms with Crippen molar-refractivity contribution in [3.8, 4) is 0 Å². The van der Waals surface area contributed by atoms with Crippen molar-refractivity contribution in [2.45, 2.75) is 32.2 Å². The van der Waals surface area contributed by atoms with Gasteiger partial charge in [0.1, 0.15) is 5.52 Å². The van der Waals surface area contributed by atoms with Crippen molar-refractivity contribution in [2.24, 2.45) is 0 Å². The van der Waals surface area contributed by atoms with E-state index in [9.17, 15) is 4.79 Å². The fourth-order valence-corrected chi connectivity index (χ4v) is 3.12. The van der Waals surface area contributed by atoms with Crippen molar-refractivity contribution >= 4 is 23.0 Å². The topological polar surface area (TPSA) is 59.0 Å². The van der Waals surface area contributed by atoms with E-state index >= 15 is 0 Å². The Hall–Kier alpha value is -1.88. The molecule has 0 bridgehead atoms. The van der Waals surface area contributed by atoms with Crippen LogP contribution in [-0.4, -0.2) is 29.3 Å². The van der Waals surface area contributed by atoms with Crippen LogP contribution in [0.25, 0.3) is 10.9 Å². The zero-order valence-corrected chi connectivity index (χ0v) is 11.9. The zero-order valence-electron chi connectivity index (χ0n) is 11.9. The third-order valence-corrected chi connectivity index (χ3v) is 4.35. The third-order valence-electron chi connectivity index (χ3n) is 4.35. The van der Waals surface area contributed by atoms with Gasteiger partial charge >= 0.3 is 0 Å². The van der Waals surface area contributed by atoms with E-state index in [0.29, 0.717) is 6.41 Å². The minimum atomic E-state index is 0.0484. The van der Waals surface area contributed by atoms with Gasteiger partial charge in [0.15, 0.2) is 0 Å². The monoisotopic (exact) mass is 272 g/mol. The molecule has 0 unspecified atom stereocenters. The van der Waals surface area contributed by atoms with E-state index in [1.54, 1.807) is 0 Å². The molecule has 2 heterocycles. The summed E-state index contributed by atoms with van der Waals surface area (Å²) in [6.07, 6.45) is 2.84. The second kappa shape index (κ2) is 4.90. The number of rotatable bonds is 3. The predicted octanol–water partition coefficient (Wildman–Crippen LogP) is 2.01. The first kappa shape index (κ1) is 13.1. The number of fused-ring (bicyclic) bond motifs is 1. The Kier molecular flexibility index (Phi) is 3.22. The van der Waals surface area contributed by atoms with Gasteiger partial charge in [0, 0.05) is 11.1 Å². The lowest BCUT2D eigenvalue weighted by Crippen LogP contribution is -2.42. The smallest absolute Gasteiger partial charge is 0.211 e. The van der Waals surface area contributed by atoms with E-state index in [1.165, 1.54) is 5.69 Å². The van der Waals surface area contributed by atoms with Gasteiger partial charge in [-0.25, -0.2) is 0 Å². The Morgan fingerprint density at radius 1 is 1.40 bits per heavy atom. The third kappa shape index (κ3) is 1.98. The van der Waals surface area contributed by atoms with Crippen LogP contribution in [0, 0.1) is 6.92 Å². The van der Waals surface area contributed by atoms with Gasteiger partial charge in [-0.05, 0) is 45.8 Å². The fourth-order valence-electron chi connectivity index (χ4n) is 3.12. The second-order valence-corrected chi connectivity index (χ2v) is 5.71. The number of nitrogens with zero attached hydrogens (tertiary/aromatic N) is 2. The van der Waals surface area contributed by atoms with E-state index in [2.05, 4.69) is 35.2 Å². The number of anilines is 1. The Labute approximate surface area is 118 Å². The fraction of sp³-hybridized carbons (Fsp3) is 0.467. The summed E-state index contributed by atoms with van der Waals surface area (Å²) in [5.74, 6) is 0. The molecule has 1 aromatic carbocycles. The first-order valence-electron chi connectivity index (χ1n) is 7.05. The Bertz CT molecular complexity index is 641. The highest BCUT2D eigenvalue weighted by Gasteiger charge is 2.31. The number of aryl methyl sites for hydroxylation is 1. The number of hydrogen-bond donors (Lipinski definition) is 2. The molecule has 2 aromatic rings. The van der Waals surface area contributed by atoms with Crippen LogP contribution in [0.1, 0.15) is 25.5 Å². The van der Waals surface area contributed by atoms with Crippen molar-refractivity contribution in [1.82, 2.24) is 15.1 Å². The second-order valence-electron chi connectivity index (χ2n) is 5.71. The number of carbonyl (C=O) groups excluding carboxylic acids is 1. The average Bonchev–Trinajstić information content (AvgIpc) is 2.80. The summed E-state index contributed by atoms with van der Waals surface area (Å²) in [5, 5.41) is 12.0. The van der Waals surface area contributed by atoms with Crippen LogP contribution in [0.15, 0.2) is 18.2 Å². The summed E-state index contributed by atoms with van der Waals surface area (Å²) in [4.78, 5) is 10.7. The summed E-state index contributed by atoms with van der Waals surface area (Å²) in [6, 6.07) is 5.91. The van der Waals surface area contributed by atoms with E-state index in [4.69, 9.17) is 5.10 Å². The maximum absolute atomic E-state index is 10.7. The van der Waals surface area contributed by atoms with E-state index in [-0.39, 0.29) is 5.54 Å². The van der Waals surface area contributed by atoms with Crippen LogP contribution >= 0.6 is 0 Å². The molecule has 1 aromatic heterocycles. The number of aromatic nitrogens is 2. The quantitative estimate of drug-likeness (QED) is 0.840. The molecule has 1 fully saturated rings. The lowest BCUT2D eigenvalue weighted by Gasteiger charge is -2.35. The average molecular weight is 272 g/mol. The number of amides is 1. The zero-order chi connectivity index (χ0) is 14.2. The number of nitrogens with one attached hydrogen (secondary N) is 2. The van der Waals surface area contributed by atoms with Crippen molar-refractivity contribution < 1.29 is 4.79 Å². The highest BCUT2D eigenvalue weighted by Crippen LogP contribution is 2.33. The van der Waals surface area contributed by atoms with Crippen molar-refractivity contribution in [1.29, 1.82) is 0 Å². The van der Waals surface area contributed by atoms with Crippen LogP contribution in [-0.2, 0) is 10.3 Å². The van der Waals surface area contributed by atoms with Gasteiger partial charge in [-0.15, -0.1) is 0 Å². The van der Waals surface area contributed by atoms with Crippen molar-refractivity contribution in [3.05, 3.63) is 23.9 Å². The molecule has 1 aliphatic heterocycles. The van der Waals surface area contributed by atoms with Gasteiger partial charge in [-0.2, -0.15) is 5.10 Å². The number of piperidine rings is 1. The van der Waals surface area contributed by atoms with Crippen molar-refractivity contribution in [3.63, 3.8) is 0 Å². The maximum atomic E-state index is 10.7. The summed E-state index contributed by atoms with van der Waals surface area (Å²) in [5.41, 5.74) is 2.86. The minimum Gasteiger partial charge on any atom is -0.327 e. The van der Waals surface area contributed by atoms with Crippen LogP contribution in [0.3, 0.4) is 0 Å². The molecule has 1 aliphatic rings. The molecule has 0 spiro atoms. The molecule has 5 nitrogen and oxygen atoms in total. The molecule has 0 atom stereocenters. The summed E-state index contributed by atoms with van der Waals surface area (Å²) < 4.78 is 2.15. The van der Waals surface area contributed by atoms with E-state index in [1.807, 2.05) is 12.1 Å². The minimum absolute atomic E-state index is 0.0484. The van der Waals surface area contributed by atoms with Gasteiger partial charge in [0.05, 0.1) is 11.2 Å². The van der Waals surface area contributed by atoms with Gasteiger partial charge in [-0.3, -0.25) is 9.48 Å². The van der Waals surface area contributed by atoms with Gasteiger partial charge < -0.3 is 10.6 Å². The molecule has 1 amide bonds. The molecular weight excluding hydrogens is 252 g/mol. The molecule has 2 N–H and O–H groups in total. The number of carbonyl (C=O) groups is 1. The van der Waals surface area contributed by atoms with Gasteiger partial charge in [0.2, 0.25) is 6.41 Å². The molecule has 0 saturated carbocycles. The SMILES string of the molecule is Cc1c2cccc(NC=O)c2nn1C1(C)CCNCC1. The van der Waals surface area contributed by atoms with Gasteiger partial charge in [-0.1, -0.05) is 12.1 Å². The van der Waals surface area contributed by atoms with Crippen LogP contribution in [0.2, 0.25) is 0 Å². The Balaban J connectivity index is 2.14. The molecule has 106 valence electrons. The van der Waals surface area contributed by atoms with E-state index in [0.717, 1.165) is 42.5 Å². The number of benzene rings is 1. The van der Waals surface area contributed by atoms with E-state index < -0.39 is 0 Å². The first-order valence-corrected chi connectivity index (χ1v) is 7.05. The van der Waals surface area contributed by atoms with Crippen molar-refractivity contribution in [2.75, 3.05) is 18.4 Å². The lowest BCUT2D eigenvalue weighted by atomic mass is 9.90. The molecule has 0 aliphatic carbocycles. The van der Waals surface area contributed by atoms with Crippen LogP contribution in [0.5, 0.6) is 0 Å². The Morgan fingerprint density at radius 3 is 2.85 bits per heavy atom. The van der Waals surface area contributed by atoms with Gasteiger partial charge in [0.25, 0.3) is 0 Å². The molecule has 1 saturated heterocycles. The standard InChI is InChI=1S/C15H20N4O/c1-11-12-4-3-5-13(17-10-20)14(12)18-19(11)15(2)6-8-16-9-7-15/h3-5,10,16H,6-9H2,1-2H3,(H,17,20). The summed E-state index contributed by atoms with van der Waals surface area (Å²) >= 11 is 0. The highest BCUT2D eigenvalue weighted by molar-refractivity contribution is 5.95. The normalized spacial score (nSPS) is 18.1. The molecular formula is C15H20N4O. The number of hydrogen-bond acceptors (Lipinski definition) is 3. The first-order chi connectivity index (χ1) is 9.65. The molecule has 20 heavy (non-hydrogen) atoms. The molecule has 3 rings (SSSR count). The Morgan fingerprint density at radius 2 is 2.15 bits per heavy atom. The molecule has 0 radical (unpaired) electrons. The molecule has 5 heteroatoms. The maximum Gasteiger partial charge on any atom is 0.211 e. The lowest BCUT2D eigenvalue weighted by molar-refractivity contribution is -0.105. The largest absolute Gasteiger partial charge is 0.327 e.